The van der Waals surface area contributed by atoms with Gasteiger partial charge in [0.05, 0.1) is 0 Å². The van der Waals surface area contributed by atoms with E-state index in [1.165, 1.54) is 0 Å². The minimum atomic E-state index is -0.531. The number of aliphatic hydroxyl groups is 1. The quantitative estimate of drug-likeness (QED) is 0.859. The number of rotatable bonds is 6. The summed E-state index contributed by atoms with van der Waals surface area (Å²) in [5, 5.41) is 15.6. The molecule has 4 heteroatoms. The van der Waals surface area contributed by atoms with E-state index in [4.69, 9.17) is 4.74 Å². The van der Waals surface area contributed by atoms with Gasteiger partial charge in [-0.25, -0.2) is 0 Å². The zero-order valence-electron chi connectivity index (χ0n) is 12.7. The fourth-order valence-corrected chi connectivity index (χ4v) is 2.10. The first-order chi connectivity index (χ1) is 9.58. The number of benzene rings is 2. The van der Waals surface area contributed by atoms with Crippen molar-refractivity contribution < 1.29 is 9.84 Å². The first-order valence-corrected chi connectivity index (χ1v) is 7.14. The molecule has 0 spiro atoms. The van der Waals surface area contributed by atoms with Gasteiger partial charge in [0.15, 0.2) is 0 Å². The van der Waals surface area contributed by atoms with Gasteiger partial charge in [0.1, 0.15) is 18.0 Å². The van der Waals surface area contributed by atoms with Crippen molar-refractivity contribution in [2.75, 3.05) is 6.54 Å². The van der Waals surface area contributed by atoms with E-state index in [-0.39, 0.29) is 18.5 Å². The molecule has 0 amide bonds. The summed E-state index contributed by atoms with van der Waals surface area (Å²) in [5.74, 6) is 0.819. The molecule has 0 heterocycles. The molecule has 0 bridgehead atoms. The summed E-state index contributed by atoms with van der Waals surface area (Å²) >= 11 is 0. The van der Waals surface area contributed by atoms with Crippen molar-refractivity contribution in [1.29, 1.82) is 0 Å². The highest BCUT2D eigenvalue weighted by atomic mass is 35.5. The molecule has 116 valence electrons. The Balaban J connectivity index is 0.00000220. The van der Waals surface area contributed by atoms with Crippen molar-refractivity contribution in [3.05, 3.63) is 42.5 Å². The molecule has 0 fully saturated rings. The maximum absolute atomic E-state index is 10.1. The number of fused-ring (bicyclic) bond motifs is 1. The zero-order valence-corrected chi connectivity index (χ0v) is 13.6. The summed E-state index contributed by atoms with van der Waals surface area (Å²) in [5.41, 5.74) is 0. The van der Waals surface area contributed by atoms with Gasteiger partial charge in [-0.05, 0) is 18.4 Å². The van der Waals surface area contributed by atoms with Crippen LogP contribution in [0.4, 0.5) is 0 Å². The number of nitrogens with one attached hydrogen (secondary N) is 1. The zero-order chi connectivity index (χ0) is 14.5. The first-order valence-electron chi connectivity index (χ1n) is 7.14. The molecular formula is C17H24ClNO2. The van der Waals surface area contributed by atoms with E-state index in [1.807, 2.05) is 37.3 Å². The van der Waals surface area contributed by atoms with Gasteiger partial charge in [0, 0.05) is 18.0 Å². The Labute approximate surface area is 132 Å². The van der Waals surface area contributed by atoms with Crippen LogP contribution in [-0.2, 0) is 0 Å². The number of hydrogen-bond donors (Lipinski definition) is 2. The van der Waals surface area contributed by atoms with Crippen LogP contribution >= 0.6 is 12.4 Å². The van der Waals surface area contributed by atoms with Gasteiger partial charge in [0.25, 0.3) is 0 Å². The van der Waals surface area contributed by atoms with Crippen LogP contribution in [0.3, 0.4) is 0 Å². The smallest absolute Gasteiger partial charge is 0.127 e. The van der Waals surface area contributed by atoms with Gasteiger partial charge < -0.3 is 15.2 Å². The Morgan fingerprint density at radius 1 is 1.05 bits per heavy atom. The summed E-state index contributed by atoms with van der Waals surface area (Å²) in [4.78, 5) is 0. The summed E-state index contributed by atoms with van der Waals surface area (Å²) < 4.78 is 5.93. The molecule has 0 aliphatic rings. The highest BCUT2D eigenvalue weighted by molar-refractivity contribution is 5.88. The lowest BCUT2D eigenvalue weighted by Crippen LogP contribution is -2.40. The minimum absolute atomic E-state index is 0. The molecule has 2 atom stereocenters. The molecule has 0 aromatic heterocycles. The normalized spacial score (nSPS) is 13.8. The fourth-order valence-electron chi connectivity index (χ4n) is 2.10. The maximum Gasteiger partial charge on any atom is 0.127 e. The second kappa shape index (κ2) is 8.23. The summed E-state index contributed by atoms with van der Waals surface area (Å²) in [7, 11) is 0. The van der Waals surface area contributed by atoms with Crippen molar-refractivity contribution in [3.8, 4) is 5.75 Å². The van der Waals surface area contributed by atoms with Gasteiger partial charge in [-0.2, -0.15) is 0 Å². The topological polar surface area (TPSA) is 41.5 Å². The van der Waals surface area contributed by atoms with Crippen molar-refractivity contribution in [2.24, 2.45) is 0 Å². The lowest BCUT2D eigenvalue weighted by molar-refractivity contribution is 0.0473. The van der Waals surface area contributed by atoms with Crippen LogP contribution in [0.25, 0.3) is 10.8 Å². The molecule has 21 heavy (non-hydrogen) atoms. The van der Waals surface area contributed by atoms with Crippen LogP contribution in [0.1, 0.15) is 20.8 Å². The number of aliphatic hydroxyl groups excluding tert-OH is 1. The Bertz CT molecular complexity index is 554. The largest absolute Gasteiger partial charge is 0.487 e. The van der Waals surface area contributed by atoms with Crippen LogP contribution in [0.15, 0.2) is 42.5 Å². The van der Waals surface area contributed by atoms with Gasteiger partial charge in [-0.1, -0.05) is 50.2 Å². The van der Waals surface area contributed by atoms with E-state index in [0.29, 0.717) is 12.6 Å². The van der Waals surface area contributed by atoms with E-state index in [2.05, 4.69) is 31.3 Å². The third kappa shape index (κ3) is 4.88. The van der Waals surface area contributed by atoms with Gasteiger partial charge >= 0.3 is 0 Å². The van der Waals surface area contributed by atoms with E-state index in [9.17, 15) is 5.11 Å². The van der Waals surface area contributed by atoms with E-state index in [0.717, 1.165) is 16.5 Å². The van der Waals surface area contributed by atoms with Crippen molar-refractivity contribution >= 4 is 23.2 Å². The molecule has 0 radical (unpaired) electrons. The molecule has 0 aliphatic heterocycles. The molecular weight excluding hydrogens is 286 g/mol. The Morgan fingerprint density at radius 2 is 1.71 bits per heavy atom. The second-order valence-electron chi connectivity index (χ2n) is 5.43. The maximum atomic E-state index is 10.1. The van der Waals surface area contributed by atoms with Gasteiger partial charge in [-0.3, -0.25) is 0 Å². The SMILES string of the molecule is CC(C)NCC(O)C(C)Oc1cccc2ccccc12.Cl. The fraction of sp³-hybridized carbons (Fsp3) is 0.412. The van der Waals surface area contributed by atoms with Crippen molar-refractivity contribution in [2.45, 2.75) is 39.0 Å². The Kier molecular flexibility index (Phi) is 6.96. The second-order valence-corrected chi connectivity index (χ2v) is 5.43. The molecule has 0 aliphatic carbocycles. The molecule has 2 aromatic rings. The van der Waals surface area contributed by atoms with Crippen molar-refractivity contribution in [1.82, 2.24) is 5.32 Å². The van der Waals surface area contributed by atoms with Crippen LogP contribution < -0.4 is 10.1 Å². The van der Waals surface area contributed by atoms with E-state index < -0.39 is 6.10 Å². The average Bonchev–Trinajstić information content (AvgIpc) is 2.45. The third-order valence-electron chi connectivity index (χ3n) is 3.34. The predicted molar refractivity (Wildman–Crippen MR) is 90.4 cm³/mol. The molecule has 0 saturated heterocycles. The summed E-state index contributed by atoms with van der Waals surface area (Å²) in [6.07, 6.45) is -0.788. The van der Waals surface area contributed by atoms with Crippen molar-refractivity contribution in [3.63, 3.8) is 0 Å². The lowest BCUT2D eigenvalue weighted by Gasteiger charge is -2.22. The summed E-state index contributed by atoms with van der Waals surface area (Å²) in [6.45, 7) is 6.55. The Hall–Kier alpha value is -1.29. The number of hydrogen-bond acceptors (Lipinski definition) is 3. The predicted octanol–water partition coefficient (Wildman–Crippen LogP) is 3.39. The third-order valence-corrected chi connectivity index (χ3v) is 3.34. The van der Waals surface area contributed by atoms with Gasteiger partial charge in [0.2, 0.25) is 0 Å². The van der Waals surface area contributed by atoms with E-state index >= 15 is 0 Å². The van der Waals surface area contributed by atoms with Crippen LogP contribution in [-0.4, -0.2) is 29.9 Å². The molecule has 0 saturated carbocycles. The van der Waals surface area contributed by atoms with Crippen LogP contribution in [0.5, 0.6) is 5.75 Å². The molecule has 2 N–H and O–H groups in total. The standard InChI is InChI=1S/C17H23NO2.ClH/c1-12(2)18-11-16(19)13(3)20-17-10-6-8-14-7-4-5-9-15(14)17;/h4-10,12-13,16,18-19H,11H2,1-3H3;1H. The monoisotopic (exact) mass is 309 g/mol. The average molecular weight is 310 g/mol. The number of ether oxygens (including phenoxy) is 1. The Morgan fingerprint density at radius 3 is 2.43 bits per heavy atom. The lowest BCUT2D eigenvalue weighted by atomic mass is 10.1. The first kappa shape index (κ1) is 17.8. The number of halogens is 1. The summed E-state index contributed by atoms with van der Waals surface area (Å²) in [6, 6.07) is 14.4. The van der Waals surface area contributed by atoms with Gasteiger partial charge in [-0.15, -0.1) is 12.4 Å². The minimum Gasteiger partial charge on any atom is -0.487 e. The van der Waals surface area contributed by atoms with E-state index in [1.54, 1.807) is 0 Å². The molecule has 3 nitrogen and oxygen atoms in total. The molecule has 2 rings (SSSR count). The molecule has 2 unspecified atom stereocenters. The highest BCUT2D eigenvalue weighted by Gasteiger charge is 2.16. The highest BCUT2D eigenvalue weighted by Crippen LogP contribution is 2.26. The molecule has 2 aromatic carbocycles. The van der Waals surface area contributed by atoms with Crippen LogP contribution in [0.2, 0.25) is 0 Å². The van der Waals surface area contributed by atoms with Crippen LogP contribution in [0, 0.1) is 0 Å².